The Balaban J connectivity index is 1.50. The van der Waals surface area contributed by atoms with Gasteiger partial charge in [-0.05, 0) is 49.4 Å². The molecular weight excluding hydrogens is 312 g/mol. The van der Waals surface area contributed by atoms with Crippen LogP contribution in [0.2, 0.25) is 0 Å². The number of benzene rings is 1. The van der Waals surface area contributed by atoms with Crippen LogP contribution in [0.4, 0.5) is 5.69 Å². The first-order chi connectivity index (χ1) is 11.1. The van der Waals surface area contributed by atoms with Gasteiger partial charge in [0.25, 0.3) is 0 Å². The van der Waals surface area contributed by atoms with Gasteiger partial charge >= 0.3 is 5.97 Å². The quantitative estimate of drug-likeness (QED) is 0.772. The molecule has 3 N–H and O–H groups in total. The van der Waals surface area contributed by atoms with Gasteiger partial charge in [-0.2, -0.15) is 0 Å². The lowest BCUT2D eigenvalue weighted by atomic mass is 9.81. The standard InChI is InChI=1S/C17H22N2O3S/c20-16-10-23-15-5-4-12(7-14(15)19-16)9-18-8-11-2-1-3-13(6-11)17(21)22/h4-5,7,11,13,18H,1-3,6,8-10H2,(H,19,20)(H,21,22). The van der Waals surface area contributed by atoms with Crippen molar-refractivity contribution in [1.82, 2.24) is 5.32 Å². The van der Waals surface area contributed by atoms with E-state index in [0.717, 1.165) is 54.9 Å². The fraction of sp³-hybridized carbons (Fsp3) is 0.529. The molecule has 2 aliphatic rings. The molecule has 1 heterocycles. The Bertz CT molecular complexity index is 606. The molecule has 0 saturated heterocycles. The minimum absolute atomic E-state index is 0.0505. The molecule has 1 fully saturated rings. The molecule has 1 aliphatic heterocycles. The van der Waals surface area contributed by atoms with Crippen LogP contribution in [0, 0.1) is 11.8 Å². The number of carbonyl (C=O) groups is 2. The van der Waals surface area contributed by atoms with E-state index in [4.69, 9.17) is 5.11 Å². The number of carboxylic acid groups (broad SMARTS) is 1. The number of carbonyl (C=O) groups excluding carboxylic acids is 1. The number of hydrogen-bond donors (Lipinski definition) is 3. The number of thioether (sulfide) groups is 1. The van der Waals surface area contributed by atoms with Gasteiger partial charge in [0, 0.05) is 11.4 Å². The van der Waals surface area contributed by atoms with Gasteiger partial charge in [0.2, 0.25) is 5.91 Å². The van der Waals surface area contributed by atoms with Gasteiger partial charge in [-0.3, -0.25) is 9.59 Å². The SMILES string of the molecule is O=C1CSc2ccc(CNCC3CCCC(C(=O)O)C3)cc2N1. The van der Waals surface area contributed by atoms with E-state index in [2.05, 4.69) is 22.8 Å². The molecule has 0 aromatic heterocycles. The van der Waals surface area contributed by atoms with Crippen LogP contribution >= 0.6 is 11.8 Å². The minimum Gasteiger partial charge on any atom is -0.481 e. The lowest BCUT2D eigenvalue weighted by molar-refractivity contribution is -0.143. The first-order valence-corrected chi connectivity index (χ1v) is 9.09. The number of hydrogen-bond acceptors (Lipinski definition) is 4. The van der Waals surface area contributed by atoms with Crippen molar-refractivity contribution in [1.29, 1.82) is 0 Å². The third-order valence-electron chi connectivity index (χ3n) is 4.57. The Morgan fingerprint density at radius 3 is 3.09 bits per heavy atom. The van der Waals surface area contributed by atoms with Crippen molar-refractivity contribution in [2.45, 2.75) is 37.1 Å². The summed E-state index contributed by atoms with van der Waals surface area (Å²) in [5.74, 6) is 0.147. The smallest absolute Gasteiger partial charge is 0.306 e. The number of fused-ring (bicyclic) bond motifs is 1. The molecule has 1 aromatic carbocycles. The topological polar surface area (TPSA) is 78.4 Å². The Morgan fingerprint density at radius 2 is 2.26 bits per heavy atom. The van der Waals surface area contributed by atoms with Crippen molar-refractivity contribution in [2.75, 3.05) is 17.6 Å². The molecule has 124 valence electrons. The summed E-state index contributed by atoms with van der Waals surface area (Å²) in [6.07, 6.45) is 3.70. The van der Waals surface area contributed by atoms with Crippen LogP contribution in [-0.4, -0.2) is 29.3 Å². The van der Waals surface area contributed by atoms with E-state index in [9.17, 15) is 9.59 Å². The molecule has 3 rings (SSSR count). The van der Waals surface area contributed by atoms with Crippen LogP contribution < -0.4 is 10.6 Å². The summed E-state index contributed by atoms with van der Waals surface area (Å²) in [5, 5.41) is 15.5. The zero-order valence-corrected chi connectivity index (χ0v) is 13.8. The van der Waals surface area contributed by atoms with Crippen LogP contribution in [0.3, 0.4) is 0 Å². The summed E-state index contributed by atoms with van der Waals surface area (Å²) in [5.41, 5.74) is 2.03. The third-order valence-corrected chi connectivity index (χ3v) is 5.64. The van der Waals surface area contributed by atoms with Gasteiger partial charge in [-0.25, -0.2) is 0 Å². The summed E-state index contributed by atoms with van der Waals surface area (Å²) in [6.45, 7) is 1.59. The minimum atomic E-state index is -0.655. The van der Waals surface area contributed by atoms with E-state index in [-0.39, 0.29) is 11.8 Å². The highest BCUT2D eigenvalue weighted by molar-refractivity contribution is 8.00. The largest absolute Gasteiger partial charge is 0.481 e. The summed E-state index contributed by atoms with van der Waals surface area (Å²) in [4.78, 5) is 23.7. The molecule has 23 heavy (non-hydrogen) atoms. The lowest BCUT2D eigenvalue weighted by Gasteiger charge is -2.26. The maximum Gasteiger partial charge on any atom is 0.306 e. The maximum absolute atomic E-state index is 11.4. The molecular formula is C17H22N2O3S. The van der Waals surface area contributed by atoms with Crippen LogP contribution in [0.15, 0.2) is 23.1 Å². The molecule has 6 heteroatoms. The molecule has 0 radical (unpaired) electrons. The first kappa shape index (κ1) is 16.3. The van der Waals surface area contributed by atoms with E-state index in [1.165, 1.54) is 0 Å². The van der Waals surface area contributed by atoms with Crippen molar-refractivity contribution in [3.8, 4) is 0 Å². The fourth-order valence-corrected chi connectivity index (χ4v) is 4.15. The van der Waals surface area contributed by atoms with E-state index in [1.54, 1.807) is 11.8 Å². The Kier molecular flexibility index (Phi) is 5.23. The van der Waals surface area contributed by atoms with E-state index in [1.807, 2.05) is 6.07 Å². The molecule has 1 aromatic rings. The van der Waals surface area contributed by atoms with Crippen molar-refractivity contribution in [2.24, 2.45) is 11.8 Å². The second kappa shape index (κ2) is 7.36. The summed E-state index contributed by atoms with van der Waals surface area (Å²) in [6, 6.07) is 6.15. The number of carboxylic acids is 1. The highest BCUT2D eigenvalue weighted by Gasteiger charge is 2.26. The molecule has 2 atom stereocenters. The molecule has 1 aliphatic carbocycles. The van der Waals surface area contributed by atoms with Gasteiger partial charge in [0.1, 0.15) is 0 Å². The second-order valence-electron chi connectivity index (χ2n) is 6.37. The van der Waals surface area contributed by atoms with Gasteiger partial charge in [-0.1, -0.05) is 12.5 Å². The predicted octanol–water partition coefficient (Wildman–Crippen LogP) is 2.71. The number of nitrogens with one attached hydrogen (secondary N) is 2. The lowest BCUT2D eigenvalue weighted by Crippen LogP contribution is -2.29. The van der Waals surface area contributed by atoms with Gasteiger partial charge in [0.15, 0.2) is 0 Å². The van der Waals surface area contributed by atoms with Gasteiger partial charge in [0.05, 0.1) is 17.4 Å². The van der Waals surface area contributed by atoms with Crippen molar-refractivity contribution in [3.05, 3.63) is 23.8 Å². The summed E-state index contributed by atoms with van der Waals surface area (Å²) < 4.78 is 0. The zero-order valence-electron chi connectivity index (χ0n) is 13.0. The highest BCUT2D eigenvalue weighted by atomic mass is 32.2. The van der Waals surface area contributed by atoms with E-state index >= 15 is 0 Å². The van der Waals surface area contributed by atoms with Crippen LogP contribution in [-0.2, 0) is 16.1 Å². The zero-order chi connectivity index (χ0) is 16.2. The normalized spacial score (nSPS) is 23.9. The Labute approximate surface area is 140 Å². The van der Waals surface area contributed by atoms with E-state index < -0.39 is 5.97 Å². The van der Waals surface area contributed by atoms with Gasteiger partial charge < -0.3 is 15.7 Å². The van der Waals surface area contributed by atoms with Crippen LogP contribution in [0.25, 0.3) is 0 Å². The average Bonchev–Trinajstić information content (AvgIpc) is 2.54. The monoisotopic (exact) mass is 334 g/mol. The number of aliphatic carboxylic acids is 1. The third kappa shape index (κ3) is 4.26. The molecule has 1 amide bonds. The second-order valence-corrected chi connectivity index (χ2v) is 7.38. The molecule has 2 unspecified atom stereocenters. The molecule has 5 nitrogen and oxygen atoms in total. The summed E-state index contributed by atoms with van der Waals surface area (Å²) in [7, 11) is 0. The predicted molar refractivity (Wildman–Crippen MR) is 90.6 cm³/mol. The number of amides is 1. The Hall–Kier alpha value is -1.53. The average molecular weight is 334 g/mol. The number of anilines is 1. The maximum atomic E-state index is 11.4. The summed E-state index contributed by atoms with van der Waals surface area (Å²) >= 11 is 1.57. The van der Waals surface area contributed by atoms with Crippen molar-refractivity contribution < 1.29 is 14.7 Å². The molecule has 1 saturated carbocycles. The number of rotatable bonds is 5. The van der Waals surface area contributed by atoms with Crippen molar-refractivity contribution >= 4 is 29.3 Å². The molecule has 0 spiro atoms. The van der Waals surface area contributed by atoms with E-state index in [0.29, 0.717) is 11.7 Å². The Morgan fingerprint density at radius 1 is 1.39 bits per heavy atom. The van der Waals surface area contributed by atoms with Crippen LogP contribution in [0.5, 0.6) is 0 Å². The fourth-order valence-electron chi connectivity index (χ4n) is 3.36. The highest BCUT2D eigenvalue weighted by Crippen LogP contribution is 2.32. The van der Waals surface area contributed by atoms with Gasteiger partial charge in [-0.15, -0.1) is 11.8 Å². The van der Waals surface area contributed by atoms with Crippen LogP contribution in [0.1, 0.15) is 31.2 Å². The molecule has 0 bridgehead atoms. The first-order valence-electron chi connectivity index (χ1n) is 8.11. The van der Waals surface area contributed by atoms with Crippen molar-refractivity contribution in [3.63, 3.8) is 0 Å².